The third-order valence-corrected chi connectivity index (χ3v) is 3.80. The van der Waals surface area contributed by atoms with Gasteiger partial charge in [0, 0.05) is 12.2 Å². The van der Waals surface area contributed by atoms with Gasteiger partial charge < -0.3 is 10.2 Å². The van der Waals surface area contributed by atoms with Gasteiger partial charge in [0.15, 0.2) is 0 Å². The summed E-state index contributed by atoms with van der Waals surface area (Å²) >= 11 is 0. The number of rotatable bonds is 7. The number of nitrogens with zero attached hydrogens (tertiary/aromatic N) is 3. The van der Waals surface area contributed by atoms with Crippen LogP contribution in [0.25, 0.3) is 0 Å². The predicted octanol–water partition coefficient (Wildman–Crippen LogP) is 3.92. The van der Waals surface area contributed by atoms with Crippen LogP contribution in [0.1, 0.15) is 16.1 Å². The largest absolute Gasteiger partial charge is 0.365 e. The lowest BCUT2D eigenvalue weighted by Crippen LogP contribution is -2.31. The molecule has 0 radical (unpaired) electrons. The molecular formula is C21H20N4O. The molecule has 0 aliphatic carbocycles. The van der Waals surface area contributed by atoms with E-state index in [0.29, 0.717) is 24.6 Å². The first-order valence-electron chi connectivity index (χ1n) is 8.35. The average Bonchev–Trinajstić information content (AvgIpc) is 2.72. The van der Waals surface area contributed by atoms with Gasteiger partial charge in [-0.15, -0.1) is 6.58 Å². The van der Waals surface area contributed by atoms with E-state index >= 15 is 0 Å². The first-order chi connectivity index (χ1) is 12.8. The lowest BCUT2D eigenvalue weighted by Gasteiger charge is -2.22. The summed E-state index contributed by atoms with van der Waals surface area (Å²) in [5.74, 6) is 0.415. The Morgan fingerprint density at radius 1 is 1.00 bits per heavy atom. The zero-order valence-electron chi connectivity index (χ0n) is 14.4. The summed E-state index contributed by atoms with van der Waals surface area (Å²) in [6.45, 7) is 4.70. The summed E-state index contributed by atoms with van der Waals surface area (Å²) in [4.78, 5) is 23.3. The predicted molar refractivity (Wildman–Crippen MR) is 104 cm³/mol. The van der Waals surface area contributed by atoms with Crippen LogP contribution in [0.2, 0.25) is 0 Å². The van der Waals surface area contributed by atoms with Gasteiger partial charge in [-0.25, -0.2) is 9.97 Å². The highest BCUT2D eigenvalue weighted by Crippen LogP contribution is 2.19. The van der Waals surface area contributed by atoms with E-state index in [2.05, 4.69) is 21.9 Å². The van der Waals surface area contributed by atoms with Crippen LogP contribution in [-0.2, 0) is 6.54 Å². The molecule has 0 saturated heterocycles. The topological polar surface area (TPSA) is 58.1 Å². The van der Waals surface area contributed by atoms with E-state index in [4.69, 9.17) is 0 Å². The second-order valence-corrected chi connectivity index (χ2v) is 5.67. The quantitative estimate of drug-likeness (QED) is 0.660. The number of anilines is 2. The summed E-state index contributed by atoms with van der Waals surface area (Å²) in [7, 11) is 0. The summed E-state index contributed by atoms with van der Waals surface area (Å²) in [6.07, 6.45) is 4.79. The van der Waals surface area contributed by atoms with Crippen molar-refractivity contribution in [3.8, 4) is 0 Å². The first-order valence-corrected chi connectivity index (χ1v) is 8.35. The maximum absolute atomic E-state index is 13.1. The van der Waals surface area contributed by atoms with Crippen molar-refractivity contribution < 1.29 is 4.79 Å². The molecule has 130 valence electrons. The number of hydrogen-bond acceptors (Lipinski definition) is 4. The molecule has 26 heavy (non-hydrogen) atoms. The van der Waals surface area contributed by atoms with Gasteiger partial charge in [0.2, 0.25) is 0 Å². The highest BCUT2D eigenvalue weighted by molar-refractivity contribution is 6.04. The van der Waals surface area contributed by atoms with Gasteiger partial charge in [-0.3, -0.25) is 4.79 Å². The number of para-hydroxylation sites is 1. The normalized spacial score (nSPS) is 10.2. The summed E-state index contributed by atoms with van der Waals surface area (Å²) < 4.78 is 0. The molecule has 0 saturated carbocycles. The van der Waals surface area contributed by atoms with Crippen molar-refractivity contribution in [2.75, 3.05) is 16.8 Å². The summed E-state index contributed by atoms with van der Waals surface area (Å²) in [5.41, 5.74) is 2.16. The molecule has 1 heterocycles. The standard InChI is InChI=1S/C21H20N4O/c1-2-13-22-20-15-23-19(14-24-20)21(26)25(18-11-7-4-8-12-18)16-17-9-5-3-6-10-17/h2-12,14-15H,1,13,16H2,(H,22,24). The Morgan fingerprint density at radius 3 is 2.31 bits per heavy atom. The van der Waals surface area contributed by atoms with Gasteiger partial charge in [0.05, 0.1) is 18.9 Å². The molecule has 3 rings (SSSR count). The van der Waals surface area contributed by atoms with Crippen molar-refractivity contribution in [1.29, 1.82) is 0 Å². The highest BCUT2D eigenvalue weighted by atomic mass is 16.2. The molecule has 5 heteroatoms. The fourth-order valence-electron chi connectivity index (χ4n) is 2.50. The average molecular weight is 344 g/mol. The first kappa shape index (κ1) is 17.4. The van der Waals surface area contributed by atoms with Crippen LogP contribution < -0.4 is 10.2 Å². The molecule has 0 unspecified atom stereocenters. The highest BCUT2D eigenvalue weighted by Gasteiger charge is 2.19. The second kappa shape index (κ2) is 8.58. The molecule has 5 nitrogen and oxygen atoms in total. The van der Waals surface area contributed by atoms with Gasteiger partial charge in [0.25, 0.3) is 5.91 Å². The van der Waals surface area contributed by atoms with Crippen molar-refractivity contribution in [2.45, 2.75) is 6.54 Å². The molecule has 0 aliphatic rings. The Bertz CT molecular complexity index is 848. The van der Waals surface area contributed by atoms with E-state index in [-0.39, 0.29) is 5.91 Å². The Kier molecular flexibility index (Phi) is 5.72. The third kappa shape index (κ3) is 4.33. The number of benzene rings is 2. The van der Waals surface area contributed by atoms with Crippen molar-refractivity contribution in [3.05, 3.63) is 97.0 Å². The van der Waals surface area contributed by atoms with Crippen LogP contribution in [-0.4, -0.2) is 22.4 Å². The van der Waals surface area contributed by atoms with Gasteiger partial charge in [0.1, 0.15) is 11.5 Å². The van der Waals surface area contributed by atoms with Gasteiger partial charge in [-0.1, -0.05) is 54.6 Å². The maximum Gasteiger partial charge on any atom is 0.278 e. The van der Waals surface area contributed by atoms with Crippen LogP contribution in [0.15, 0.2) is 85.7 Å². The number of hydrogen-bond donors (Lipinski definition) is 1. The second-order valence-electron chi connectivity index (χ2n) is 5.67. The van der Waals surface area contributed by atoms with Gasteiger partial charge >= 0.3 is 0 Å². The molecule has 2 aromatic carbocycles. The van der Waals surface area contributed by atoms with Gasteiger partial charge in [-0.2, -0.15) is 0 Å². The minimum absolute atomic E-state index is 0.192. The Hall–Kier alpha value is -3.47. The summed E-state index contributed by atoms with van der Waals surface area (Å²) in [6, 6.07) is 19.4. The van der Waals surface area contributed by atoms with E-state index in [1.165, 1.54) is 6.20 Å². The number of amides is 1. The van der Waals surface area contributed by atoms with Crippen LogP contribution in [0, 0.1) is 0 Å². The Morgan fingerprint density at radius 2 is 1.69 bits per heavy atom. The monoisotopic (exact) mass is 344 g/mol. The number of carbonyl (C=O) groups excluding carboxylic acids is 1. The fraction of sp³-hybridized carbons (Fsp3) is 0.0952. The molecule has 1 aromatic heterocycles. The van der Waals surface area contributed by atoms with Crippen molar-refractivity contribution >= 4 is 17.4 Å². The SMILES string of the molecule is C=CCNc1cnc(C(=O)N(Cc2ccccc2)c2ccccc2)cn1. The molecular weight excluding hydrogens is 324 g/mol. The molecule has 0 fully saturated rings. The molecule has 0 aliphatic heterocycles. The zero-order valence-corrected chi connectivity index (χ0v) is 14.4. The number of aromatic nitrogens is 2. The number of carbonyl (C=O) groups is 1. The van der Waals surface area contributed by atoms with Crippen LogP contribution in [0.3, 0.4) is 0 Å². The molecule has 1 amide bonds. The van der Waals surface area contributed by atoms with E-state index in [9.17, 15) is 4.79 Å². The lowest BCUT2D eigenvalue weighted by atomic mass is 10.2. The van der Waals surface area contributed by atoms with Crippen LogP contribution in [0.4, 0.5) is 11.5 Å². The van der Waals surface area contributed by atoms with Gasteiger partial charge in [-0.05, 0) is 17.7 Å². The Balaban J connectivity index is 1.86. The minimum atomic E-state index is -0.192. The van der Waals surface area contributed by atoms with E-state index < -0.39 is 0 Å². The number of nitrogens with one attached hydrogen (secondary N) is 1. The molecule has 0 atom stereocenters. The molecule has 3 aromatic rings. The maximum atomic E-state index is 13.1. The summed E-state index contributed by atoms with van der Waals surface area (Å²) in [5, 5.41) is 3.04. The van der Waals surface area contributed by atoms with Crippen molar-refractivity contribution in [1.82, 2.24) is 9.97 Å². The van der Waals surface area contributed by atoms with Crippen molar-refractivity contribution in [2.24, 2.45) is 0 Å². The third-order valence-electron chi connectivity index (χ3n) is 3.80. The molecule has 1 N–H and O–H groups in total. The molecule has 0 spiro atoms. The van der Waals surface area contributed by atoms with Crippen LogP contribution >= 0.6 is 0 Å². The Labute approximate surface area is 153 Å². The minimum Gasteiger partial charge on any atom is -0.365 e. The smallest absolute Gasteiger partial charge is 0.278 e. The molecule has 0 bridgehead atoms. The zero-order chi connectivity index (χ0) is 18.2. The van der Waals surface area contributed by atoms with E-state index in [1.54, 1.807) is 17.2 Å². The van der Waals surface area contributed by atoms with E-state index in [1.807, 2.05) is 60.7 Å². The van der Waals surface area contributed by atoms with Crippen molar-refractivity contribution in [3.63, 3.8) is 0 Å². The fourth-order valence-corrected chi connectivity index (χ4v) is 2.50. The lowest BCUT2D eigenvalue weighted by molar-refractivity contribution is 0.0980. The van der Waals surface area contributed by atoms with E-state index in [0.717, 1.165) is 11.3 Å². The van der Waals surface area contributed by atoms with Crippen LogP contribution in [0.5, 0.6) is 0 Å².